The predicted octanol–water partition coefficient (Wildman–Crippen LogP) is 2.09. The molecule has 0 aromatic heterocycles. The lowest BCUT2D eigenvalue weighted by molar-refractivity contribution is -0.137. The smallest absolute Gasteiger partial charge is 0.374 e. The van der Waals surface area contributed by atoms with Gasteiger partial charge in [0, 0.05) is 7.05 Å². The molecule has 1 N–H and O–H groups in total. The molecule has 1 aromatic carbocycles. The van der Waals surface area contributed by atoms with E-state index in [4.69, 9.17) is 0 Å². The van der Waals surface area contributed by atoms with Crippen molar-refractivity contribution in [2.24, 2.45) is 0 Å². The number of anilines is 2. The zero-order valence-electron chi connectivity index (χ0n) is 8.43. The van der Waals surface area contributed by atoms with Crippen molar-refractivity contribution in [1.82, 2.24) is 0 Å². The van der Waals surface area contributed by atoms with E-state index in [1.54, 1.807) is 0 Å². The quantitative estimate of drug-likeness (QED) is 0.740. The lowest BCUT2D eigenvalue weighted by atomic mass is 10.1. The highest BCUT2D eigenvalue weighted by atomic mass is 19.4. The van der Waals surface area contributed by atoms with Crippen LogP contribution in [0.3, 0.4) is 0 Å². The maximum absolute atomic E-state index is 12.4. The fourth-order valence-corrected chi connectivity index (χ4v) is 1.57. The first-order valence-electron chi connectivity index (χ1n) is 4.61. The van der Waals surface area contributed by atoms with Crippen LogP contribution in [0.1, 0.15) is 5.56 Å². The predicted molar refractivity (Wildman–Crippen MR) is 53.3 cm³/mol. The zero-order valence-corrected chi connectivity index (χ0v) is 8.43. The summed E-state index contributed by atoms with van der Waals surface area (Å²) in [5, 5.41) is 2.66. The molecular formula is C10H9F3N2O. The number of hydrogen-bond acceptors (Lipinski definition) is 2. The highest BCUT2D eigenvalue weighted by molar-refractivity contribution is 6.02. The summed E-state index contributed by atoms with van der Waals surface area (Å²) in [5.74, 6) is -0.174. The maximum atomic E-state index is 12.4. The van der Waals surface area contributed by atoms with Crippen molar-refractivity contribution < 1.29 is 18.0 Å². The lowest BCUT2D eigenvalue weighted by Gasteiger charge is -2.27. The van der Waals surface area contributed by atoms with Crippen LogP contribution < -0.4 is 10.2 Å². The average Bonchev–Trinajstić information content (AvgIpc) is 2.22. The number of amides is 1. The monoisotopic (exact) mass is 230 g/mol. The van der Waals surface area contributed by atoms with Crippen LogP contribution in [0.2, 0.25) is 0 Å². The number of halogens is 3. The molecule has 0 saturated heterocycles. The second-order valence-corrected chi connectivity index (χ2v) is 3.54. The van der Waals surface area contributed by atoms with E-state index < -0.39 is 11.7 Å². The normalized spacial score (nSPS) is 15.8. The molecule has 0 spiro atoms. The van der Waals surface area contributed by atoms with Gasteiger partial charge in [0.1, 0.15) is 0 Å². The molecule has 1 aliphatic rings. The fraction of sp³-hybridized carbons (Fsp3) is 0.300. The van der Waals surface area contributed by atoms with Gasteiger partial charge in [-0.3, -0.25) is 4.79 Å². The summed E-state index contributed by atoms with van der Waals surface area (Å²) >= 11 is 0. The third kappa shape index (κ3) is 1.70. The SMILES string of the molecule is CN1C(=O)CNc2cc(C(F)(F)F)ccc21. The molecule has 1 heterocycles. The van der Waals surface area contributed by atoms with E-state index in [9.17, 15) is 18.0 Å². The van der Waals surface area contributed by atoms with Gasteiger partial charge < -0.3 is 10.2 Å². The number of hydrogen-bond donors (Lipinski definition) is 1. The van der Waals surface area contributed by atoms with Gasteiger partial charge in [0.25, 0.3) is 0 Å². The Kier molecular flexibility index (Phi) is 2.29. The fourth-order valence-electron chi connectivity index (χ4n) is 1.57. The van der Waals surface area contributed by atoms with Gasteiger partial charge in [-0.2, -0.15) is 13.2 Å². The first-order chi connectivity index (χ1) is 7.39. The molecule has 0 unspecified atom stereocenters. The second kappa shape index (κ2) is 3.40. The van der Waals surface area contributed by atoms with E-state index in [1.807, 2.05) is 0 Å². The summed E-state index contributed by atoms with van der Waals surface area (Å²) in [6.45, 7) is 0.0187. The number of benzene rings is 1. The Morgan fingerprint density at radius 2 is 2.06 bits per heavy atom. The van der Waals surface area contributed by atoms with Crippen molar-refractivity contribution in [2.75, 3.05) is 23.8 Å². The molecule has 2 rings (SSSR count). The minimum Gasteiger partial charge on any atom is -0.374 e. The van der Waals surface area contributed by atoms with E-state index >= 15 is 0 Å². The number of carbonyl (C=O) groups excluding carboxylic acids is 1. The summed E-state index contributed by atoms with van der Waals surface area (Å²) in [6.07, 6.45) is -4.36. The summed E-state index contributed by atoms with van der Waals surface area (Å²) in [4.78, 5) is 12.6. The largest absolute Gasteiger partial charge is 0.416 e. The lowest BCUT2D eigenvalue weighted by Crippen LogP contribution is -2.36. The number of alkyl halides is 3. The Labute approximate surface area is 89.9 Å². The first-order valence-corrected chi connectivity index (χ1v) is 4.61. The van der Waals surface area contributed by atoms with Gasteiger partial charge in [0.2, 0.25) is 5.91 Å². The van der Waals surface area contributed by atoms with Gasteiger partial charge in [-0.15, -0.1) is 0 Å². The maximum Gasteiger partial charge on any atom is 0.416 e. The van der Waals surface area contributed by atoms with Gasteiger partial charge in [0.05, 0.1) is 23.5 Å². The second-order valence-electron chi connectivity index (χ2n) is 3.54. The van der Waals surface area contributed by atoms with Crippen molar-refractivity contribution in [1.29, 1.82) is 0 Å². The molecule has 1 aliphatic heterocycles. The van der Waals surface area contributed by atoms with Gasteiger partial charge in [-0.05, 0) is 18.2 Å². The molecule has 0 aliphatic carbocycles. The minimum absolute atomic E-state index is 0.0187. The van der Waals surface area contributed by atoms with Crippen molar-refractivity contribution in [2.45, 2.75) is 6.18 Å². The molecule has 3 nitrogen and oxygen atoms in total. The number of rotatable bonds is 0. The Bertz CT molecular complexity index is 442. The van der Waals surface area contributed by atoms with Crippen LogP contribution in [0.4, 0.5) is 24.5 Å². The number of nitrogens with zero attached hydrogens (tertiary/aromatic N) is 1. The van der Waals surface area contributed by atoms with Gasteiger partial charge >= 0.3 is 6.18 Å². The molecule has 86 valence electrons. The van der Waals surface area contributed by atoms with E-state index in [1.165, 1.54) is 18.0 Å². The summed E-state index contributed by atoms with van der Waals surface area (Å²) in [6, 6.07) is 3.27. The van der Waals surface area contributed by atoms with Crippen LogP contribution >= 0.6 is 0 Å². The third-order valence-corrected chi connectivity index (χ3v) is 2.49. The van der Waals surface area contributed by atoms with Crippen LogP contribution in [0.25, 0.3) is 0 Å². The number of nitrogens with one attached hydrogen (secondary N) is 1. The van der Waals surface area contributed by atoms with Gasteiger partial charge in [-0.1, -0.05) is 0 Å². The summed E-state index contributed by atoms with van der Waals surface area (Å²) in [5.41, 5.74) is 0.0719. The van der Waals surface area contributed by atoms with Crippen LogP contribution in [0, 0.1) is 0 Å². The molecule has 6 heteroatoms. The molecule has 0 atom stereocenters. The Morgan fingerprint density at radius 3 is 2.69 bits per heavy atom. The van der Waals surface area contributed by atoms with Crippen molar-refractivity contribution in [3.05, 3.63) is 23.8 Å². The number of carbonyl (C=O) groups is 1. The molecule has 1 amide bonds. The number of likely N-dealkylation sites (N-methyl/N-ethyl adjacent to an activating group) is 1. The van der Waals surface area contributed by atoms with Crippen LogP contribution in [0.5, 0.6) is 0 Å². The van der Waals surface area contributed by atoms with Crippen LogP contribution in [-0.2, 0) is 11.0 Å². The van der Waals surface area contributed by atoms with E-state index in [2.05, 4.69) is 5.32 Å². The molecule has 0 bridgehead atoms. The third-order valence-electron chi connectivity index (χ3n) is 2.49. The van der Waals surface area contributed by atoms with Gasteiger partial charge in [0.15, 0.2) is 0 Å². The highest BCUT2D eigenvalue weighted by Gasteiger charge is 2.32. The topological polar surface area (TPSA) is 32.3 Å². The number of fused-ring (bicyclic) bond motifs is 1. The van der Waals surface area contributed by atoms with Crippen molar-refractivity contribution in [3.63, 3.8) is 0 Å². The Hall–Kier alpha value is -1.72. The molecule has 0 saturated carbocycles. The Morgan fingerprint density at radius 1 is 1.38 bits per heavy atom. The molecular weight excluding hydrogens is 221 g/mol. The average molecular weight is 230 g/mol. The standard InChI is InChI=1S/C10H9F3N2O/c1-15-8-3-2-6(10(11,12)13)4-7(8)14-5-9(15)16/h2-4,14H,5H2,1H3. The Balaban J connectivity index is 2.45. The van der Waals surface area contributed by atoms with Crippen molar-refractivity contribution in [3.8, 4) is 0 Å². The molecule has 16 heavy (non-hydrogen) atoms. The van der Waals surface area contributed by atoms with Crippen LogP contribution in [0.15, 0.2) is 18.2 Å². The molecule has 0 radical (unpaired) electrons. The first kappa shape index (κ1) is 10.8. The van der Waals surface area contributed by atoms with E-state index in [0.29, 0.717) is 11.4 Å². The van der Waals surface area contributed by atoms with E-state index in [-0.39, 0.29) is 12.5 Å². The summed E-state index contributed by atoms with van der Waals surface area (Å²) < 4.78 is 37.3. The van der Waals surface area contributed by atoms with Gasteiger partial charge in [-0.25, -0.2) is 0 Å². The minimum atomic E-state index is -4.36. The zero-order chi connectivity index (χ0) is 11.9. The van der Waals surface area contributed by atoms with Crippen LogP contribution in [-0.4, -0.2) is 19.5 Å². The summed E-state index contributed by atoms with van der Waals surface area (Å²) in [7, 11) is 1.54. The molecule has 1 aromatic rings. The van der Waals surface area contributed by atoms with Crippen molar-refractivity contribution >= 4 is 17.3 Å². The molecule has 0 fully saturated rings. The van der Waals surface area contributed by atoms with E-state index in [0.717, 1.165) is 12.1 Å². The highest BCUT2D eigenvalue weighted by Crippen LogP contribution is 2.36.